The highest BCUT2D eigenvalue weighted by atomic mass is 16.5. The molecular formula is C68H73N9O4. The molecule has 5 aliphatic rings. The summed E-state index contributed by atoms with van der Waals surface area (Å²) in [5.41, 5.74) is 9.83. The summed E-state index contributed by atoms with van der Waals surface area (Å²) in [4.78, 5) is 48.5. The van der Waals surface area contributed by atoms with Crippen molar-refractivity contribution in [3.63, 3.8) is 0 Å². The lowest BCUT2D eigenvalue weighted by atomic mass is 9.77. The smallest absolute Gasteiger partial charge is 0.226 e. The Morgan fingerprint density at radius 3 is 1.53 bits per heavy atom. The van der Waals surface area contributed by atoms with Crippen molar-refractivity contribution in [3.05, 3.63) is 197 Å². The maximum atomic E-state index is 12.9. The summed E-state index contributed by atoms with van der Waals surface area (Å²) >= 11 is 0. The fourth-order valence-electron chi connectivity index (χ4n) is 12.2. The van der Waals surface area contributed by atoms with Gasteiger partial charge < -0.3 is 29.1 Å². The van der Waals surface area contributed by atoms with Crippen molar-refractivity contribution in [2.75, 3.05) is 49.1 Å². The lowest BCUT2D eigenvalue weighted by Gasteiger charge is -2.40. The Kier molecular flexibility index (Phi) is 14.9. The van der Waals surface area contributed by atoms with Crippen LogP contribution in [-0.2, 0) is 21.7 Å². The van der Waals surface area contributed by atoms with E-state index in [1.165, 1.54) is 5.56 Å². The first-order valence-corrected chi connectivity index (χ1v) is 29.2. The second-order valence-electron chi connectivity index (χ2n) is 23.1. The minimum Gasteiger partial charge on any atom is -0.491 e. The summed E-state index contributed by atoms with van der Waals surface area (Å²) in [5, 5.41) is 6.61. The van der Waals surface area contributed by atoms with Gasteiger partial charge in [-0.15, -0.1) is 0 Å². The van der Waals surface area contributed by atoms with Gasteiger partial charge in [-0.05, 0) is 144 Å². The number of nitrogens with zero attached hydrogens (tertiary/aromatic N) is 9. The molecule has 13 nitrogen and oxygen atoms in total. The number of pyridine rings is 2. The molecule has 2 atom stereocenters. The molecule has 3 aromatic heterocycles. The van der Waals surface area contributed by atoms with Gasteiger partial charge in [0.15, 0.2) is 0 Å². The molecule has 13 heteroatoms. The first kappa shape index (κ1) is 53.3. The van der Waals surface area contributed by atoms with Crippen LogP contribution in [-0.4, -0.2) is 111 Å². The maximum Gasteiger partial charge on any atom is 0.226 e. The molecule has 2 saturated carbocycles. The van der Waals surface area contributed by atoms with Crippen LogP contribution in [0.2, 0.25) is 0 Å². The first-order chi connectivity index (χ1) is 39.4. The number of amides is 2. The second kappa shape index (κ2) is 22.7. The molecule has 414 valence electrons. The number of aliphatic imine (C=N–C) groups is 1. The standard InChI is InChI=1S/C43H43N5O2.C25H30N4O2/c1-30(2)50-37-21-22-39-38(28-37)41(33-23-24-44-40(27-33)46-25-26-47(31(3)29-46)42(49)32-19-20-32)45-48(39)43(34-13-7-4-8-14-34,35-15-9-5-10-16-35)36-17-11-6-12-18-36;1-16(2)31-21-7-6-20-14-27-24(22(20)13-21)19-8-9-26-23(12-19)28-10-11-29(17(3)15-28)25(30)18-4-5-18/h4-18,21-24,27-28,30-32H,19-20,25-26,29H2,1-3H3;6-9,12-13,16-18H,4-5,10-11,14-15H2,1-3H3. The third-order valence-corrected chi connectivity index (χ3v) is 16.4. The van der Waals surface area contributed by atoms with E-state index in [9.17, 15) is 9.59 Å². The van der Waals surface area contributed by atoms with E-state index in [-0.39, 0.29) is 36.1 Å². The third kappa shape index (κ3) is 10.9. The quantitative estimate of drug-likeness (QED) is 0.0980. The molecule has 3 aliphatic heterocycles. The van der Waals surface area contributed by atoms with Crippen LogP contribution in [0.5, 0.6) is 11.5 Å². The number of benzene rings is 5. The van der Waals surface area contributed by atoms with E-state index in [2.05, 4.69) is 183 Å². The molecular weight excluding hydrogens is 1010 g/mol. The largest absolute Gasteiger partial charge is 0.491 e. The van der Waals surface area contributed by atoms with Crippen LogP contribution in [0.25, 0.3) is 22.2 Å². The van der Waals surface area contributed by atoms with Gasteiger partial charge in [-0.3, -0.25) is 14.6 Å². The zero-order chi connectivity index (χ0) is 55.8. The number of rotatable bonds is 14. The normalized spacial score (nSPS) is 18.1. The zero-order valence-corrected chi connectivity index (χ0v) is 47.5. The summed E-state index contributed by atoms with van der Waals surface area (Å²) in [6, 6.07) is 53.3. The molecule has 13 rings (SSSR count). The van der Waals surface area contributed by atoms with Gasteiger partial charge in [-0.25, -0.2) is 14.6 Å². The molecule has 2 amide bonds. The van der Waals surface area contributed by atoms with Gasteiger partial charge in [-0.1, -0.05) is 97.1 Å². The van der Waals surface area contributed by atoms with Crippen molar-refractivity contribution in [2.45, 2.75) is 104 Å². The number of ether oxygens (including phenoxy) is 2. The maximum absolute atomic E-state index is 12.9. The number of fused-ring (bicyclic) bond motifs is 2. The molecule has 81 heavy (non-hydrogen) atoms. The SMILES string of the molecule is CC(C)Oc1ccc2c(c1)C(c1ccnc(N3CCN(C(=O)C4CC4)C(C)C3)c1)=NC2.CC(C)Oc1ccc2c(c1)c(-c1ccnc(N3CCN(C(=O)C4CC4)C(C)C3)c1)nn2C(c1ccccc1)(c1ccccc1)c1ccccc1. The topological polar surface area (TPSA) is 122 Å². The molecule has 0 spiro atoms. The van der Waals surface area contributed by atoms with Crippen LogP contribution in [0.4, 0.5) is 11.6 Å². The Hall–Kier alpha value is -8.32. The molecule has 2 saturated heterocycles. The minimum absolute atomic E-state index is 0.0305. The number of anilines is 2. The number of carbonyl (C=O) groups is 2. The average molecular weight is 1080 g/mol. The second-order valence-corrected chi connectivity index (χ2v) is 23.1. The molecule has 0 N–H and O–H groups in total. The van der Waals surface area contributed by atoms with Gasteiger partial charge in [0.05, 0.1) is 30.0 Å². The van der Waals surface area contributed by atoms with Crippen molar-refractivity contribution in [2.24, 2.45) is 16.8 Å². The number of hydrogen-bond donors (Lipinski definition) is 0. The monoisotopic (exact) mass is 1080 g/mol. The van der Waals surface area contributed by atoms with Gasteiger partial charge in [-0.2, -0.15) is 5.10 Å². The predicted molar refractivity (Wildman–Crippen MR) is 321 cm³/mol. The van der Waals surface area contributed by atoms with E-state index in [0.29, 0.717) is 24.9 Å². The predicted octanol–water partition coefficient (Wildman–Crippen LogP) is 11.8. The van der Waals surface area contributed by atoms with Crippen LogP contribution < -0.4 is 19.3 Å². The fraction of sp³-hybridized carbons (Fsp3) is 0.353. The fourth-order valence-corrected chi connectivity index (χ4v) is 12.2. The van der Waals surface area contributed by atoms with E-state index in [0.717, 1.165) is 137 Å². The lowest BCUT2D eigenvalue weighted by Crippen LogP contribution is -2.54. The van der Waals surface area contributed by atoms with Gasteiger partial charge in [0.2, 0.25) is 11.8 Å². The Morgan fingerprint density at radius 2 is 1.04 bits per heavy atom. The van der Waals surface area contributed by atoms with Crippen LogP contribution in [0.3, 0.4) is 0 Å². The van der Waals surface area contributed by atoms with E-state index in [1.807, 2.05) is 52.2 Å². The van der Waals surface area contributed by atoms with E-state index < -0.39 is 5.54 Å². The number of hydrogen-bond acceptors (Lipinski definition) is 10. The Bertz CT molecular complexity index is 3480. The van der Waals surface area contributed by atoms with Crippen molar-refractivity contribution < 1.29 is 19.1 Å². The highest BCUT2D eigenvalue weighted by Crippen LogP contribution is 2.45. The summed E-state index contributed by atoms with van der Waals surface area (Å²) in [7, 11) is 0. The van der Waals surface area contributed by atoms with Crippen LogP contribution in [0.15, 0.2) is 169 Å². The van der Waals surface area contributed by atoms with Crippen molar-refractivity contribution in [3.8, 4) is 22.8 Å². The Labute approximate surface area is 476 Å². The van der Waals surface area contributed by atoms with E-state index >= 15 is 0 Å². The molecule has 8 aromatic rings. The first-order valence-electron chi connectivity index (χ1n) is 29.2. The van der Waals surface area contributed by atoms with Gasteiger partial charge in [0.25, 0.3) is 0 Å². The van der Waals surface area contributed by atoms with Crippen molar-refractivity contribution in [1.82, 2.24) is 29.5 Å². The minimum atomic E-state index is -0.781. The molecule has 5 aromatic carbocycles. The molecule has 6 heterocycles. The number of aromatic nitrogens is 4. The molecule has 0 bridgehead atoms. The van der Waals surface area contributed by atoms with Crippen LogP contribution >= 0.6 is 0 Å². The van der Waals surface area contributed by atoms with Crippen molar-refractivity contribution >= 4 is 40.1 Å². The summed E-state index contributed by atoms with van der Waals surface area (Å²) in [6.07, 6.45) is 8.09. The van der Waals surface area contributed by atoms with Gasteiger partial charge >= 0.3 is 0 Å². The molecule has 2 aliphatic carbocycles. The number of piperazine rings is 2. The zero-order valence-electron chi connectivity index (χ0n) is 47.5. The van der Waals surface area contributed by atoms with Crippen LogP contribution in [0.1, 0.15) is 101 Å². The highest BCUT2D eigenvalue weighted by molar-refractivity contribution is 6.15. The molecule has 0 radical (unpaired) electrons. The molecule has 4 fully saturated rings. The van der Waals surface area contributed by atoms with Crippen LogP contribution in [0, 0.1) is 11.8 Å². The third-order valence-electron chi connectivity index (χ3n) is 16.4. The summed E-state index contributed by atoms with van der Waals surface area (Å²) in [6.45, 7) is 17.8. The lowest BCUT2D eigenvalue weighted by molar-refractivity contribution is -0.135. The summed E-state index contributed by atoms with van der Waals surface area (Å²) < 4.78 is 14.4. The average Bonchev–Trinajstić information content (AvgIpc) is 4.64. The van der Waals surface area contributed by atoms with E-state index in [1.54, 1.807) is 0 Å². The Balaban J connectivity index is 0.000000180. The summed E-state index contributed by atoms with van der Waals surface area (Å²) in [5.74, 6) is 4.69. The Morgan fingerprint density at radius 1 is 0.556 bits per heavy atom. The highest BCUT2D eigenvalue weighted by Gasteiger charge is 2.42. The molecule has 2 unspecified atom stereocenters. The van der Waals surface area contributed by atoms with E-state index in [4.69, 9.17) is 24.5 Å². The van der Waals surface area contributed by atoms with Crippen molar-refractivity contribution in [1.29, 1.82) is 0 Å². The number of carbonyl (C=O) groups excluding carboxylic acids is 2. The van der Waals surface area contributed by atoms with Gasteiger partial charge in [0.1, 0.15) is 34.4 Å². The van der Waals surface area contributed by atoms with Gasteiger partial charge in [0, 0.05) is 97.7 Å².